The van der Waals surface area contributed by atoms with Gasteiger partial charge >= 0.3 is 0 Å². The quantitative estimate of drug-likeness (QED) is 0.454. The molecule has 0 bridgehead atoms. The molecular weight excluding hydrogens is 358 g/mol. The highest BCUT2D eigenvalue weighted by atomic mass is 16.5. The standard InChI is InChI=1S/C21H25N3O4/c1-3-5-6-20(26)23-17-10-8-16(9-11-17)21(27)24-22-14-15-7-12-18(25)19(13-15)28-4-2/h7-14,25H,3-6H2,1-2H3,(H,23,26)(H,24,27). The molecule has 0 spiro atoms. The maximum Gasteiger partial charge on any atom is 0.271 e. The van der Waals surface area contributed by atoms with Crippen molar-refractivity contribution < 1.29 is 19.4 Å². The van der Waals surface area contributed by atoms with Crippen molar-refractivity contribution in [2.75, 3.05) is 11.9 Å². The summed E-state index contributed by atoms with van der Waals surface area (Å²) in [4.78, 5) is 23.9. The van der Waals surface area contributed by atoms with E-state index in [2.05, 4.69) is 15.8 Å². The Bertz CT molecular complexity index is 832. The third-order valence-electron chi connectivity index (χ3n) is 3.85. The monoisotopic (exact) mass is 383 g/mol. The van der Waals surface area contributed by atoms with Crippen LogP contribution in [0, 0.1) is 0 Å². The molecule has 0 aromatic heterocycles. The summed E-state index contributed by atoms with van der Waals surface area (Å²) in [6.07, 6.45) is 3.75. The van der Waals surface area contributed by atoms with E-state index in [-0.39, 0.29) is 17.6 Å². The van der Waals surface area contributed by atoms with E-state index in [4.69, 9.17) is 4.74 Å². The first kappa shape index (κ1) is 21.0. The summed E-state index contributed by atoms with van der Waals surface area (Å²) in [7, 11) is 0. The molecule has 2 aromatic rings. The van der Waals surface area contributed by atoms with E-state index in [0.717, 1.165) is 12.8 Å². The number of rotatable bonds is 9. The zero-order valence-electron chi connectivity index (χ0n) is 16.1. The van der Waals surface area contributed by atoms with Gasteiger partial charge in [-0.15, -0.1) is 0 Å². The number of hydrogen-bond acceptors (Lipinski definition) is 5. The van der Waals surface area contributed by atoms with Gasteiger partial charge in [0.1, 0.15) is 0 Å². The van der Waals surface area contributed by atoms with Crippen molar-refractivity contribution in [3.63, 3.8) is 0 Å². The number of nitrogens with one attached hydrogen (secondary N) is 2. The van der Waals surface area contributed by atoms with Gasteiger partial charge in [0.25, 0.3) is 5.91 Å². The third-order valence-corrected chi connectivity index (χ3v) is 3.85. The van der Waals surface area contributed by atoms with E-state index in [1.165, 1.54) is 12.3 Å². The first-order valence-corrected chi connectivity index (χ1v) is 9.22. The second kappa shape index (κ2) is 10.7. The number of carbonyl (C=O) groups excluding carboxylic acids is 2. The summed E-state index contributed by atoms with van der Waals surface area (Å²) in [5.41, 5.74) is 4.18. The molecule has 2 rings (SSSR count). The smallest absolute Gasteiger partial charge is 0.271 e. The number of phenolic OH excluding ortho intramolecular Hbond substituents is 1. The molecule has 0 aliphatic heterocycles. The number of hydrazone groups is 1. The molecule has 0 unspecified atom stereocenters. The molecule has 28 heavy (non-hydrogen) atoms. The van der Waals surface area contributed by atoms with E-state index in [0.29, 0.717) is 35.6 Å². The zero-order valence-corrected chi connectivity index (χ0v) is 16.1. The number of phenols is 1. The Balaban J connectivity index is 1.91. The lowest BCUT2D eigenvalue weighted by atomic mass is 10.2. The minimum absolute atomic E-state index is 0.0380. The molecule has 0 heterocycles. The lowest BCUT2D eigenvalue weighted by Gasteiger charge is -2.06. The second-order valence-electron chi connectivity index (χ2n) is 6.09. The molecule has 2 amide bonds. The lowest BCUT2D eigenvalue weighted by molar-refractivity contribution is -0.116. The molecule has 0 saturated carbocycles. The summed E-state index contributed by atoms with van der Waals surface area (Å²) >= 11 is 0. The van der Waals surface area contributed by atoms with Crippen LogP contribution in [0.15, 0.2) is 47.6 Å². The van der Waals surface area contributed by atoms with Crippen LogP contribution in [-0.2, 0) is 4.79 Å². The second-order valence-corrected chi connectivity index (χ2v) is 6.09. The van der Waals surface area contributed by atoms with Crippen LogP contribution < -0.4 is 15.5 Å². The zero-order chi connectivity index (χ0) is 20.4. The van der Waals surface area contributed by atoms with Crippen molar-refractivity contribution in [3.05, 3.63) is 53.6 Å². The number of hydrogen-bond donors (Lipinski definition) is 3. The lowest BCUT2D eigenvalue weighted by Crippen LogP contribution is -2.17. The van der Waals surface area contributed by atoms with Gasteiger partial charge in [-0.2, -0.15) is 5.10 Å². The third kappa shape index (κ3) is 6.42. The van der Waals surface area contributed by atoms with Crippen molar-refractivity contribution in [1.29, 1.82) is 0 Å². The Morgan fingerprint density at radius 2 is 1.89 bits per heavy atom. The van der Waals surface area contributed by atoms with Gasteiger partial charge in [-0.25, -0.2) is 5.43 Å². The van der Waals surface area contributed by atoms with Gasteiger partial charge in [-0.05, 0) is 61.4 Å². The van der Waals surface area contributed by atoms with Crippen LogP contribution in [0.5, 0.6) is 11.5 Å². The maximum atomic E-state index is 12.2. The number of carbonyl (C=O) groups is 2. The summed E-state index contributed by atoms with van der Waals surface area (Å²) < 4.78 is 5.31. The molecule has 7 heteroatoms. The van der Waals surface area contributed by atoms with Crippen LogP contribution in [0.3, 0.4) is 0 Å². The first-order chi connectivity index (χ1) is 13.5. The molecule has 0 fully saturated rings. The van der Waals surface area contributed by atoms with Crippen LogP contribution in [0.2, 0.25) is 0 Å². The van der Waals surface area contributed by atoms with Crippen LogP contribution in [0.25, 0.3) is 0 Å². The number of amides is 2. The predicted molar refractivity (Wildman–Crippen MR) is 109 cm³/mol. The highest BCUT2D eigenvalue weighted by Crippen LogP contribution is 2.26. The van der Waals surface area contributed by atoms with Crippen molar-refractivity contribution in [2.24, 2.45) is 5.10 Å². The molecule has 148 valence electrons. The van der Waals surface area contributed by atoms with E-state index >= 15 is 0 Å². The summed E-state index contributed by atoms with van der Waals surface area (Å²) in [5.74, 6) is -0.00727. The van der Waals surface area contributed by atoms with Crippen LogP contribution in [-0.4, -0.2) is 29.7 Å². The van der Waals surface area contributed by atoms with Gasteiger partial charge in [-0.1, -0.05) is 13.3 Å². The van der Waals surface area contributed by atoms with Crippen molar-refractivity contribution in [3.8, 4) is 11.5 Å². The Morgan fingerprint density at radius 3 is 2.57 bits per heavy atom. The van der Waals surface area contributed by atoms with Gasteiger partial charge in [0, 0.05) is 17.7 Å². The topological polar surface area (TPSA) is 100 Å². The number of aromatic hydroxyl groups is 1. The molecular formula is C21H25N3O4. The average molecular weight is 383 g/mol. The van der Waals surface area contributed by atoms with Crippen molar-refractivity contribution in [2.45, 2.75) is 33.1 Å². The highest BCUT2D eigenvalue weighted by Gasteiger charge is 2.06. The molecule has 0 aliphatic carbocycles. The number of benzene rings is 2. The van der Waals surface area contributed by atoms with Gasteiger partial charge < -0.3 is 15.2 Å². The SMILES string of the molecule is CCCCC(=O)Nc1ccc(C(=O)NN=Cc2ccc(O)c(OCC)c2)cc1. The van der Waals surface area contributed by atoms with Crippen molar-refractivity contribution >= 4 is 23.7 Å². The first-order valence-electron chi connectivity index (χ1n) is 9.22. The average Bonchev–Trinajstić information content (AvgIpc) is 2.69. The minimum Gasteiger partial charge on any atom is -0.504 e. The summed E-state index contributed by atoms with van der Waals surface area (Å²) in [6, 6.07) is 11.4. The molecule has 3 N–H and O–H groups in total. The molecule has 0 aliphatic rings. The van der Waals surface area contributed by atoms with E-state index in [1.54, 1.807) is 36.4 Å². The summed E-state index contributed by atoms with van der Waals surface area (Å²) in [6.45, 7) is 4.28. The normalized spacial score (nSPS) is 10.6. The van der Waals surface area contributed by atoms with Gasteiger partial charge in [0.05, 0.1) is 12.8 Å². The molecule has 0 atom stereocenters. The molecule has 2 aromatic carbocycles. The highest BCUT2D eigenvalue weighted by molar-refractivity contribution is 5.96. The maximum absolute atomic E-state index is 12.2. The summed E-state index contributed by atoms with van der Waals surface area (Å²) in [5, 5.41) is 16.4. The predicted octanol–water partition coefficient (Wildman–Crippen LogP) is 3.68. The van der Waals surface area contributed by atoms with Crippen molar-refractivity contribution in [1.82, 2.24) is 5.43 Å². The molecule has 0 saturated heterocycles. The van der Waals surface area contributed by atoms with Gasteiger partial charge in [-0.3, -0.25) is 9.59 Å². The largest absolute Gasteiger partial charge is 0.504 e. The fourth-order valence-electron chi connectivity index (χ4n) is 2.38. The van der Waals surface area contributed by atoms with Gasteiger partial charge in [0.2, 0.25) is 5.91 Å². The number of ether oxygens (including phenoxy) is 1. The molecule has 7 nitrogen and oxygen atoms in total. The van der Waals surface area contributed by atoms with Crippen LogP contribution >= 0.6 is 0 Å². The van der Waals surface area contributed by atoms with E-state index in [9.17, 15) is 14.7 Å². The Morgan fingerprint density at radius 1 is 1.14 bits per heavy atom. The number of unbranched alkanes of at least 4 members (excludes halogenated alkanes) is 1. The minimum atomic E-state index is -0.371. The Labute approximate surface area is 164 Å². The van der Waals surface area contributed by atoms with Crippen LogP contribution in [0.4, 0.5) is 5.69 Å². The number of anilines is 1. The van der Waals surface area contributed by atoms with Crippen LogP contribution in [0.1, 0.15) is 49.0 Å². The van der Waals surface area contributed by atoms with E-state index in [1.807, 2.05) is 13.8 Å². The van der Waals surface area contributed by atoms with Gasteiger partial charge in [0.15, 0.2) is 11.5 Å². The van der Waals surface area contributed by atoms with E-state index < -0.39 is 0 Å². The molecule has 0 radical (unpaired) electrons. The Kier molecular flexibility index (Phi) is 8.02. The number of nitrogens with zero attached hydrogens (tertiary/aromatic N) is 1. The fourth-order valence-corrected chi connectivity index (χ4v) is 2.38. The fraction of sp³-hybridized carbons (Fsp3) is 0.286. The Hall–Kier alpha value is -3.35.